The maximum absolute atomic E-state index is 12.4. The summed E-state index contributed by atoms with van der Waals surface area (Å²) in [5, 5.41) is 0. The van der Waals surface area contributed by atoms with E-state index in [2.05, 4.69) is 4.98 Å². The molecule has 0 bridgehead atoms. The molecule has 4 heteroatoms. The molecule has 2 N–H and O–H groups in total. The van der Waals surface area contributed by atoms with Gasteiger partial charge >= 0.3 is 0 Å². The van der Waals surface area contributed by atoms with Crippen LogP contribution in [0.1, 0.15) is 22.8 Å². The lowest BCUT2D eigenvalue weighted by Gasteiger charge is -2.21. The van der Waals surface area contributed by atoms with E-state index in [-0.39, 0.29) is 5.91 Å². The zero-order valence-electron chi connectivity index (χ0n) is 10.9. The smallest absolute Gasteiger partial charge is 0.254 e. The molecule has 2 rings (SSSR count). The Balaban J connectivity index is 2.13. The van der Waals surface area contributed by atoms with Crippen LogP contribution in [-0.4, -0.2) is 22.3 Å². The standard InChI is InChI=1S/C15H17N3O/c1-2-18(11-12-7-9-17-10-8-12)15(19)13-3-5-14(16)6-4-13/h3-10H,2,11,16H2,1H3. The number of hydrogen-bond donors (Lipinski definition) is 1. The summed E-state index contributed by atoms with van der Waals surface area (Å²) in [6, 6.07) is 10.8. The second kappa shape index (κ2) is 6.00. The van der Waals surface area contributed by atoms with Crippen LogP contribution >= 0.6 is 0 Å². The lowest BCUT2D eigenvalue weighted by Crippen LogP contribution is -2.30. The molecule has 0 unspecified atom stereocenters. The number of anilines is 1. The Morgan fingerprint density at radius 2 is 1.79 bits per heavy atom. The highest BCUT2D eigenvalue weighted by atomic mass is 16.2. The van der Waals surface area contributed by atoms with Crippen LogP contribution in [-0.2, 0) is 6.54 Å². The van der Waals surface area contributed by atoms with Crippen molar-refractivity contribution in [2.45, 2.75) is 13.5 Å². The van der Waals surface area contributed by atoms with Gasteiger partial charge in [-0.15, -0.1) is 0 Å². The summed E-state index contributed by atoms with van der Waals surface area (Å²) in [5.41, 5.74) is 8.02. The topological polar surface area (TPSA) is 59.2 Å². The Kier molecular flexibility index (Phi) is 4.13. The molecule has 98 valence electrons. The fraction of sp³-hybridized carbons (Fsp3) is 0.200. The number of amides is 1. The first-order valence-electron chi connectivity index (χ1n) is 6.24. The highest BCUT2D eigenvalue weighted by Gasteiger charge is 2.14. The van der Waals surface area contributed by atoms with Gasteiger partial charge in [-0.25, -0.2) is 0 Å². The van der Waals surface area contributed by atoms with Crippen LogP contribution in [0.25, 0.3) is 0 Å². The van der Waals surface area contributed by atoms with E-state index in [1.807, 2.05) is 19.1 Å². The number of nitrogens with zero attached hydrogens (tertiary/aromatic N) is 2. The van der Waals surface area contributed by atoms with E-state index in [1.165, 1.54) is 0 Å². The van der Waals surface area contributed by atoms with Crippen LogP contribution in [0.5, 0.6) is 0 Å². The monoisotopic (exact) mass is 255 g/mol. The zero-order chi connectivity index (χ0) is 13.7. The third-order valence-electron chi connectivity index (χ3n) is 2.95. The number of carbonyl (C=O) groups is 1. The van der Waals surface area contributed by atoms with Gasteiger partial charge in [0.1, 0.15) is 0 Å². The van der Waals surface area contributed by atoms with Gasteiger partial charge in [-0.05, 0) is 48.9 Å². The lowest BCUT2D eigenvalue weighted by atomic mass is 10.1. The van der Waals surface area contributed by atoms with Crippen molar-refractivity contribution in [2.24, 2.45) is 0 Å². The van der Waals surface area contributed by atoms with Crippen molar-refractivity contribution >= 4 is 11.6 Å². The number of nitrogens with two attached hydrogens (primary N) is 1. The van der Waals surface area contributed by atoms with Gasteiger partial charge in [0, 0.05) is 36.7 Å². The first-order chi connectivity index (χ1) is 9.20. The third-order valence-corrected chi connectivity index (χ3v) is 2.95. The molecule has 1 amide bonds. The highest BCUT2D eigenvalue weighted by Crippen LogP contribution is 2.11. The summed E-state index contributed by atoms with van der Waals surface area (Å²) in [6.45, 7) is 3.21. The van der Waals surface area contributed by atoms with Crippen LogP contribution < -0.4 is 5.73 Å². The second-order valence-electron chi connectivity index (χ2n) is 4.30. The Bertz CT molecular complexity index is 537. The molecule has 0 radical (unpaired) electrons. The minimum atomic E-state index is 0.0133. The van der Waals surface area contributed by atoms with E-state index in [1.54, 1.807) is 41.6 Å². The molecule has 0 aliphatic heterocycles. The zero-order valence-corrected chi connectivity index (χ0v) is 10.9. The molecule has 4 nitrogen and oxygen atoms in total. The minimum Gasteiger partial charge on any atom is -0.399 e. The van der Waals surface area contributed by atoms with Crippen LogP contribution in [0.4, 0.5) is 5.69 Å². The first-order valence-corrected chi connectivity index (χ1v) is 6.24. The van der Waals surface area contributed by atoms with Crippen molar-refractivity contribution in [3.05, 3.63) is 59.9 Å². The average molecular weight is 255 g/mol. The summed E-state index contributed by atoms with van der Waals surface area (Å²) in [5.74, 6) is 0.0133. The highest BCUT2D eigenvalue weighted by molar-refractivity contribution is 5.94. The van der Waals surface area contributed by atoms with Crippen LogP contribution in [0, 0.1) is 0 Å². The van der Waals surface area contributed by atoms with Gasteiger partial charge in [0.05, 0.1) is 0 Å². The number of benzene rings is 1. The van der Waals surface area contributed by atoms with Crippen molar-refractivity contribution < 1.29 is 4.79 Å². The van der Waals surface area contributed by atoms with Gasteiger partial charge in [0.25, 0.3) is 5.91 Å². The van der Waals surface area contributed by atoms with Gasteiger partial charge in [-0.1, -0.05) is 0 Å². The van der Waals surface area contributed by atoms with Crippen molar-refractivity contribution in [1.29, 1.82) is 0 Å². The number of pyridine rings is 1. The molecule has 1 aromatic carbocycles. The SMILES string of the molecule is CCN(Cc1ccncc1)C(=O)c1ccc(N)cc1. The number of hydrogen-bond acceptors (Lipinski definition) is 3. The number of nitrogen functional groups attached to an aromatic ring is 1. The fourth-order valence-corrected chi connectivity index (χ4v) is 1.84. The predicted molar refractivity (Wildman–Crippen MR) is 75.5 cm³/mol. The van der Waals surface area contributed by atoms with E-state index in [0.29, 0.717) is 24.3 Å². The summed E-state index contributed by atoms with van der Waals surface area (Å²) < 4.78 is 0. The molecule has 0 spiro atoms. The molecule has 0 saturated carbocycles. The van der Waals surface area contributed by atoms with Crippen molar-refractivity contribution in [3.63, 3.8) is 0 Å². The molecule has 0 aliphatic carbocycles. The molecule has 1 aromatic heterocycles. The third kappa shape index (κ3) is 3.31. The summed E-state index contributed by atoms with van der Waals surface area (Å²) in [7, 11) is 0. The molecule has 19 heavy (non-hydrogen) atoms. The number of carbonyl (C=O) groups excluding carboxylic acids is 1. The summed E-state index contributed by atoms with van der Waals surface area (Å²) >= 11 is 0. The molecular weight excluding hydrogens is 238 g/mol. The molecule has 0 atom stereocenters. The van der Waals surface area contributed by atoms with Crippen LogP contribution in [0.15, 0.2) is 48.8 Å². The Morgan fingerprint density at radius 3 is 2.37 bits per heavy atom. The maximum Gasteiger partial charge on any atom is 0.254 e. The van der Waals surface area contributed by atoms with E-state index >= 15 is 0 Å². The molecule has 0 fully saturated rings. The average Bonchev–Trinajstić information content (AvgIpc) is 2.46. The van der Waals surface area contributed by atoms with Gasteiger partial charge in [-0.3, -0.25) is 9.78 Å². The van der Waals surface area contributed by atoms with E-state index in [4.69, 9.17) is 5.73 Å². The van der Waals surface area contributed by atoms with E-state index in [0.717, 1.165) is 5.56 Å². The normalized spacial score (nSPS) is 10.2. The Morgan fingerprint density at radius 1 is 1.16 bits per heavy atom. The van der Waals surface area contributed by atoms with Crippen molar-refractivity contribution in [3.8, 4) is 0 Å². The maximum atomic E-state index is 12.4. The van der Waals surface area contributed by atoms with Gasteiger partial charge < -0.3 is 10.6 Å². The largest absolute Gasteiger partial charge is 0.399 e. The van der Waals surface area contributed by atoms with E-state index in [9.17, 15) is 4.79 Å². The Labute approximate surface area is 112 Å². The van der Waals surface area contributed by atoms with Crippen LogP contribution in [0.3, 0.4) is 0 Å². The summed E-state index contributed by atoms with van der Waals surface area (Å²) in [6.07, 6.45) is 3.47. The minimum absolute atomic E-state index is 0.0133. The molecule has 2 aromatic rings. The van der Waals surface area contributed by atoms with Gasteiger partial charge in [-0.2, -0.15) is 0 Å². The second-order valence-corrected chi connectivity index (χ2v) is 4.30. The first kappa shape index (κ1) is 13.1. The molecule has 0 aliphatic rings. The van der Waals surface area contributed by atoms with Crippen molar-refractivity contribution in [2.75, 3.05) is 12.3 Å². The van der Waals surface area contributed by atoms with Crippen molar-refractivity contribution in [1.82, 2.24) is 9.88 Å². The van der Waals surface area contributed by atoms with Crippen LogP contribution in [0.2, 0.25) is 0 Å². The number of rotatable bonds is 4. The van der Waals surface area contributed by atoms with Gasteiger partial charge in [0.2, 0.25) is 0 Å². The number of aromatic nitrogens is 1. The summed E-state index contributed by atoms with van der Waals surface area (Å²) in [4.78, 5) is 18.1. The van der Waals surface area contributed by atoms with E-state index < -0.39 is 0 Å². The lowest BCUT2D eigenvalue weighted by molar-refractivity contribution is 0.0752. The molecule has 1 heterocycles. The molecule has 0 saturated heterocycles. The fourth-order valence-electron chi connectivity index (χ4n) is 1.84. The Hall–Kier alpha value is -2.36. The quantitative estimate of drug-likeness (QED) is 0.853. The molecular formula is C15H17N3O. The van der Waals surface area contributed by atoms with Gasteiger partial charge in [0.15, 0.2) is 0 Å². The predicted octanol–water partition coefficient (Wildman–Crippen LogP) is 2.33.